The summed E-state index contributed by atoms with van der Waals surface area (Å²) >= 11 is 1.77. The van der Waals surface area contributed by atoms with Gasteiger partial charge in [-0.05, 0) is 45.2 Å². The van der Waals surface area contributed by atoms with E-state index in [2.05, 4.69) is 50.9 Å². The summed E-state index contributed by atoms with van der Waals surface area (Å²) in [5.41, 5.74) is 11.4. The molecule has 0 amide bonds. The van der Waals surface area contributed by atoms with Gasteiger partial charge >= 0.3 is 0 Å². The van der Waals surface area contributed by atoms with Crippen molar-refractivity contribution in [1.29, 1.82) is 0 Å². The van der Waals surface area contributed by atoms with E-state index in [0.717, 1.165) is 23.5 Å². The second-order valence-electron chi connectivity index (χ2n) is 5.35. The molecule has 2 nitrogen and oxygen atoms in total. The zero-order chi connectivity index (χ0) is 14.0. The molecule has 0 aliphatic rings. The van der Waals surface area contributed by atoms with Crippen molar-refractivity contribution < 1.29 is 0 Å². The topological polar surface area (TPSA) is 38.9 Å². The van der Waals surface area contributed by atoms with Crippen LogP contribution in [-0.4, -0.2) is 11.0 Å². The molecule has 1 heterocycles. The predicted octanol–water partition coefficient (Wildman–Crippen LogP) is 3.49. The average Bonchev–Trinajstić information content (AvgIpc) is 2.63. The Morgan fingerprint density at radius 2 is 1.89 bits per heavy atom. The molecule has 1 aromatic heterocycles. The Morgan fingerprint density at radius 1 is 1.16 bits per heavy atom. The average molecular weight is 274 g/mol. The predicted molar refractivity (Wildman–Crippen MR) is 82.9 cm³/mol. The van der Waals surface area contributed by atoms with E-state index in [0.29, 0.717) is 0 Å². The van der Waals surface area contributed by atoms with E-state index < -0.39 is 0 Å². The minimum absolute atomic E-state index is 0.144. The van der Waals surface area contributed by atoms with Gasteiger partial charge in [0.1, 0.15) is 0 Å². The van der Waals surface area contributed by atoms with E-state index in [1.165, 1.54) is 21.6 Å². The summed E-state index contributed by atoms with van der Waals surface area (Å²) in [5.74, 6) is 0. The Kier molecular flexibility index (Phi) is 4.38. The third kappa shape index (κ3) is 3.64. The fraction of sp³-hybridized carbons (Fsp3) is 0.438. The van der Waals surface area contributed by atoms with E-state index in [1.54, 1.807) is 11.3 Å². The SMILES string of the molecule is Cc1ccc(C)c(CC(N)Cc2nc(C)c(C)s2)c1. The molecule has 3 heteroatoms. The number of hydrogen-bond acceptors (Lipinski definition) is 3. The number of thiazole rings is 1. The van der Waals surface area contributed by atoms with Gasteiger partial charge in [0, 0.05) is 17.3 Å². The second-order valence-corrected chi connectivity index (χ2v) is 6.64. The maximum absolute atomic E-state index is 6.28. The monoisotopic (exact) mass is 274 g/mol. The lowest BCUT2D eigenvalue weighted by Gasteiger charge is -2.13. The zero-order valence-corrected chi connectivity index (χ0v) is 13.0. The maximum Gasteiger partial charge on any atom is 0.0946 e. The third-order valence-corrected chi connectivity index (χ3v) is 4.59. The molecule has 1 unspecified atom stereocenters. The standard InChI is InChI=1S/C16H22N2S/c1-10-5-6-11(2)14(7-10)8-15(17)9-16-18-12(3)13(4)19-16/h5-7,15H,8-9,17H2,1-4H3. The van der Waals surface area contributed by atoms with Crippen LogP contribution in [0.15, 0.2) is 18.2 Å². The van der Waals surface area contributed by atoms with Crippen molar-refractivity contribution in [3.63, 3.8) is 0 Å². The van der Waals surface area contributed by atoms with Crippen molar-refractivity contribution in [1.82, 2.24) is 4.98 Å². The molecule has 0 spiro atoms. The molecular formula is C16H22N2S. The molecule has 1 atom stereocenters. The van der Waals surface area contributed by atoms with E-state index >= 15 is 0 Å². The van der Waals surface area contributed by atoms with Gasteiger partial charge in [-0.2, -0.15) is 0 Å². The highest BCUT2D eigenvalue weighted by atomic mass is 32.1. The van der Waals surface area contributed by atoms with Crippen LogP contribution in [0.4, 0.5) is 0 Å². The minimum Gasteiger partial charge on any atom is -0.327 e. The van der Waals surface area contributed by atoms with Crippen LogP contribution in [-0.2, 0) is 12.8 Å². The lowest BCUT2D eigenvalue weighted by atomic mass is 9.98. The van der Waals surface area contributed by atoms with Crippen LogP contribution in [0, 0.1) is 27.7 Å². The van der Waals surface area contributed by atoms with Crippen LogP contribution >= 0.6 is 11.3 Å². The van der Waals surface area contributed by atoms with Crippen molar-refractivity contribution >= 4 is 11.3 Å². The molecule has 1 aromatic carbocycles. The third-order valence-electron chi connectivity index (χ3n) is 3.50. The van der Waals surface area contributed by atoms with Crippen LogP contribution < -0.4 is 5.73 Å². The molecule has 0 fully saturated rings. The molecule has 2 rings (SSSR count). The maximum atomic E-state index is 6.28. The minimum atomic E-state index is 0.144. The van der Waals surface area contributed by atoms with Crippen LogP contribution in [0.25, 0.3) is 0 Å². The van der Waals surface area contributed by atoms with Crippen LogP contribution in [0.5, 0.6) is 0 Å². The smallest absolute Gasteiger partial charge is 0.0946 e. The number of rotatable bonds is 4. The van der Waals surface area contributed by atoms with Gasteiger partial charge in [0.15, 0.2) is 0 Å². The number of aryl methyl sites for hydroxylation is 4. The van der Waals surface area contributed by atoms with Crippen LogP contribution in [0.1, 0.15) is 32.3 Å². The highest BCUT2D eigenvalue weighted by Crippen LogP contribution is 2.19. The fourth-order valence-electron chi connectivity index (χ4n) is 2.23. The summed E-state index contributed by atoms with van der Waals surface area (Å²) in [4.78, 5) is 5.87. The van der Waals surface area contributed by atoms with Gasteiger partial charge < -0.3 is 5.73 Å². The summed E-state index contributed by atoms with van der Waals surface area (Å²) in [7, 11) is 0. The molecule has 0 saturated heterocycles. The van der Waals surface area contributed by atoms with Gasteiger partial charge in [-0.25, -0.2) is 4.98 Å². The van der Waals surface area contributed by atoms with Gasteiger partial charge in [0.2, 0.25) is 0 Å². The lowest BCUT2D eigenvalue weighted by molar-refractivity contribution is 0.659. The number of benzene rings is 1. The summed E-state index contributed by atoms with van der Waals surface area (Å²) < 4.78 is 0. The van der Waals surface area contributed by atoms with Gasteiger partial charge in [-0.15, -0.1) is 11.3 Å². The molecular weight excluding hydrogens is 252 g/mol. The Morgan fingerprint density at radius 3 is 2.53 bits per heavy atom. The van der Waals surface area contributed by atoms with Crippen molar-refractivity contribution in [2.45, 2.75) is 46.6 Å². The highest BCUT2D eigenvalue weighted by molar-refractivity contribution is 7.11. The summed E-state index contributed by atoms with van der Waals surface area (Å²) in [5, 5.41) is 1.16. The van der Waals surface area contributed by atoms with Gasteiger partial charge in [0.25, 0.3) is 0 Å². The van der Waals surface area contributed by atoms with Crippen molar-refractivity contribution in [2.75, 3.05) is 0 Å². The molecule has 102 valence electrons. The van der Waals surface area contributed by atoms with Crippen molar-refractivity contribution in [3.8, 4) is 0 Å². The van der Waals surface area contributed by atoms with Gasteiger partial charge in [-0.3, -0.25) is 0 Å². The number of aromatic nitrogens is 1. The number of nitrogens with zero attached hydrogens (tertiary/aromatic N) is 1. The van der Waals surface area contributed by atoms with E-state index in [4.69, 9.17) is 5.73 Å². The second kappa shape index (κ2) is 5.85. The van der Waals surface area contributed by atoms with Crippen LogP contribution in [0.2, 0.25) is 0 Å². The van der Waals surface area contributed by atoms with E-state index in [9.17, 15) is 0 Å². The largest absolute Gasteiger partial charge is 0.327 e. The first kappa shape index (κ1) is 14.2. The van der Waals surface area contributed by atoms with E-state index in [-0.39, 0.29) is 6.04 Å². The Labute approximate surface area is 119 Å². The molecule has 0 bridgehead atoms. The molecule has 2 N–H and O–H groups in total. The normalized spacial score (nSPS) is 12.7. The number of hydrogen-bond donors (Lipinski definition) is 1. The quantitative estimate of drug-likeness (QED) is 0.927. The Bertz CT molecular complexity index is 553. The van der Waals surface area contributed by atoms with Crippen molar-refractivity contribution in [2.24, 2.45) is 5.73 Å². The fourth-order valence-corrected chi connectivity index (χ4v) is 3.25. The van der Waals surface area contributed by atoms with Crippen molar-refractivity contribution in [3.05, 3.63) is 50.5 Å². The summed E-state index contributed by atoms with van der Waals surface area (Å²) in [6.45, 7) is 8.46. The first-order chi connectivity index (χ1) is 8.95. The molecule has 0 aliphatic heterocycles. The van der Waals surface area contributed by atoms with Gasteiger partial charge in [-0.1, -0.05) is 23.8 Å². The first-order valence-electron chi connectivity index (χ1n) is 6.70. The summed E-state index contributed by atoms with van der Waals surface area (Å²) in [6, 6.07) is 6.71. The highest BCUT2D eigenvalue weighted by Gasteiger charge is 2.11. The van der Waals surface area contributed by atoms with Crippen LogP contribution in [0.3, 0.4) is 0 Å². The Hall–Kier alpha value is -1.19. The molecule has 2 aromatic rings. The molecule has 0 aliphatic carbocycles. The Balaban J connectivity index is 2.04. The summed E-state index contributed by atoms with van der Waals surface area (Å²) in [6.07, 6.45) is 1.79. The first-order valence-corrected chi connectivity index (χ1v) is 7.52. The molecule has 0 saturated carbocycles. The zero-order valence-electron chi connectivity index (χ0n) is 12.2. The number of nitrogens with two attached hydrogens (primary N) is 1. The van der Waals surface area contributed by atoms with Gasteiger partial charge in [0.05, 0.1) is 10.7 Å². The molecule has 0 radical (unpaired) electrons. The van der Waals surface area contributed by atoms with E-state index in [1.807, 2.05) is 0 Å². The molecule has 19 heavy (non-hydrogen) atoms. The lowest BCUT2D eigenvalue weighted by Crippen LogP contribution is -2.25.